The van der Waals surface area contributed by atoms with Crippen molar-refractivity contribution in [1.82, 2.24) is 10.3 Å². The number of hydrogen-bond acceptors (Lipinski definition) is 4. The molecule has 0 spiro atoms. The number of carbonyl (C=O) groups excluding carboxylic acids is 2. The highest BCUT2D eigenvalue weighted by atomic mass is 19.1. The second-order valence-electron chi connectivity index (χ2n) is 7.01. The Morgan fingerprint density at radius 3 is 2.50 bits per heavy atom. The van der Waals surface area contributed by atoms with Crippen LogP contribution < -0.4 is 5.32 Å². The Morgan fingerprint density at radius 1 is 1.07 bits per heavy atom. The first kappa shape index (κ1) is 21.4. The first-order valence-electron chi connectivity index (χ1n) is 10.1. The Labute approximate surface area is 175 Å². The average Bonchev–Trinajstić information content (AvgIpc) is 2.76. The summed E-state index contributed by atoms with van der Waals surface area (Å²) >= 11 is 0. The van der Waals surface area contributed by atoms with Crippen LogP contribution in [0.2, 0.25) is 0 Å². The zero-order valence-corrected chi connectivity index (χ0v) is 17.2. The number of hydrogen-bond donors (Lipinski definition) is 1. The highest BCUT2D eigenvalue weighted by Crippen LogP contribution is 2.26. The van der Waals surface area contributed by atoms with Gasteiger partial charge in [0, 0.05) is 17.6 Å². The van der Waals surface area contributed by atoms with Crippen molar-refractivity contribution in [1.29, 1.82) is 0 Å². The molecule has 3 rings (SSSR count). The first-order chi connectivity index (χ1) is 14.5. The second-order valence-corrected chi connectivity index (χ2v) is 7.01. The maximum absolute atomic E-state index is 13.0. The molecule has 5 nitrogen and oxygen atoms in total. The van der Waals surface area contributed by atoms with Crippen LogP contribution in [0.3, 0.4) is 0 Å². The second kappa shape index (κ2) is 9.96. The third-order valence-corrected chi connectivity index (χ3v) is 4.86. The lowest BCUT2D eigenvalue weighted by Gasteiger charge is -2.15. The summed E-state index contributed by atoms with van der Waals surface area (Å²) in [5.74, 6) is -1.28. The summed E-state index contributed by atoms with van der Waals surface area (Å²) in [4.78, 5) is 29.8. The molecule has 0 fully saturated rings. The van der Waals surface area contributed by atoms with Crippen molar-refractivity contribution in [3.63, 3.8) is 0 Å². The highest BCUT2D eigenvalue weighted by molar-refractivity contribution is 6.05. The lowest BCUT2D eigenvalue weighted by Crippen LogP contribution is -2.28. The van der Waals surface area contributed by atoms with E-state index in [0.717, 1.165) is 40.6 Å². The molecule has 1 amide bonds. The first-order valence-corrected chi connectivity index (χ1v) is 10.1. The molecule has 1 N–H and O–H groups in total. The molecule has 2 aromatic carbocycles. The van der Waals surface area contributed by atoms with E-state index in [1.165, 1.54) is 12.1 Å². The molecule has 1 heterocycles. The summed E-state index contributed by atoms with van der Waals surface area (Å²) in [7, 11) is 0. The van der Waals surface area contributed by atoms with E-state index in [1.54, 1.807) is 12.1 Å². The number of aromatic nitrogens is 1. The molecule has 3 aromatic rings. The zero-order chi connectivity index (χ0) is 21.5. The fraction of sp³-hybridized carbons (Fsp3) is 0.292. The summed E-state index contributed by atoms with van der Waals surface area (Å²) in [6.45, 7) is 3.90. The van der Waals surface area contributed by atoms with Gasteiger partial charge in [0.2, 0.25) is 0 Å². The number of nitrogens with one attached hydrogen (secondary N) is 1. The van der Waals surface area contributed by atoms with Gasteiger partial charge in [0.05, 0.1) is 11.1 Å². The number of rotatable bonds is 8. The van der Waals surface area contributed by atoms with Crippen molar-refractivity contribution in [3.8, 4) is 0 Å². The number of pyridine rings is 1. The minimum Gasteiger partial charge on any atom is -0.452 e. The zero-order valence-electron chi connectivity index (χ0n) is 17.2. The van der Waals surface area contributed by atoms with Gasteiger partial charge in [-0.2, -0.15) is 0 Å². The van der Waals surface area contributed by atoms with Crippen LogP contribution in [0.1, 0.15) is 47.4 Å². The van der Waals surface area contributed by atoms with Crippen LogP contribution in [0.5, 0.6) is 0 Å². The fourth-order valence-electron chi connectivity index (χ4n) is 3.42. The van der Waals surface area contributed by atoms with Gasteiger partial charge in [-0.25, -0.2) is 9.18 Å². The van der Waals surface area contributed by atoms with Gasteiger partial charge in [0.15, 0.2) is 6.61 Å². The van der Waals surface area contributed by atoms with Gasteiger partial charge in [-0.3, -0.25) is 9.78 Å². The number of esters is 1. The van der Waals surface area contributed by atoms with E-state index < -0.39 is 11.9 Å². The number of amides is 1. The van der Waals surface area contributed by atoms with E-state index in [9.17, 15) is 14.0 Å². The molecule has 0 aliphatic heterocycles. The van der Waals surface area contributed by atoms with Crippen molar-refractivity contribution in [2.45, 2.75) is 39.7 Å². The topological polar surface area (TPSA) is 68.3 Å². The Morgan fingerprint density at radius 2 is 1.80 bits per heavy atom. The van der Waals surface area contributed by atoms with Gasteiger partial charge < -0.3 is 10.1 Å². The number of halogens is 1. The average molecular weight is 408 g/mol. The Balaban J connectivity index is 1.74. The normalized spacial score (nSPS) is 10.8. The molecule has 0 aliphatic rings. The maximum Gasteiger partial charge on any atom is 0.339 e. The predicted molar refractivity (Wildman–Crippen MR) is 114 cm³/mol. The summed E-state index contributed by atoms with van der Waals surface area (Å²) < 4.78 is 18.3. The number of nitrogens with zero attached hydrogens (tertiary/aromatic N) is 1. The smallest absolute Gasteiger partial charge is 0.339 e. The number of carbonyl (C=O) groups is 2. The summed E-state index contributed by atoms with van der Waals surface area (Å²) in [6.07, 6.45) is 2.33. The largest absolute Gasteiger partial charge is 0.452 e. The van der Waals surface area contributed by atoms with E-state index in [0.29, 0.717) is 12.0 Å². The highest BCUT2D eigenvalue weighted by Gasteiger charge is 2.21. The molecule has 0 radical (unpaired) electrons. The van der Waals surface area contributed by atoms with Crippen molar-refractivity contribution in [2.75, 3.05) is 6.61 Å². The van der Waals surface area contributed by atoms with Crippen LogP contribution in [0.25, 0.3) is 10.9 Å². The van der Waals surface area contributed by atoms with Crippen LogP contribution in [-0.2, 0) is 28.9 Å². The third kappa shape index (κ3) is 5.00. The molecule has 0 atom stereocenters. The standard InChI is InChI=1S/C24H25FN2O3/c1-3-7-20-18(4-2)23(19-8-5-6-9-21(19)27-20)24(29)30-15-22(28)26-14-16-10-12-17(25)13-11-16/h5-6,8-13H,3-4,7,14-15H2,1-2H3,(H,26,28). The van der Waals surface area contributed by atoms with Crippen molar-refractivity contribution < 1.29 is 18.7 Å². The number of fused-ring (bicyclic) bond motifs is 1. The monoisotopic (exact) mass is 408 g/mol. The summed E-state index contributed by atoms with van der Waals surface area (Å²) in [5.41, 5.74) is 3.75. The van der Waals surface area contributed by atoms with Gasteiger partial charge in [-0.1, -0.05) is 50.6 Å². The molecule has 0 saturated heterocycles. The molecular formula is C24H25FN2O3. The number of aryl methyl sites for hydroxylation is 1. The molecule has 156 valence electrons. The van der Waals surface area contributed by atoms with Gasteiger partial charge >= 0.3 is 5.97 Å². The van der Waals surface area contributed by atoms with Gasteiger partial charge in [-0.15, -0.1) is 0 Å². The van der Waals surface area contributed by atoms with E-state index >= 15 is 0 Å². The van der Waals surface area contributed by atoms with Gasteiger partial charge in [0.25, 0.3) is 5.91 Å². The molecule has 0 bridgehead atoms. The molecule has 0 saturated carbocycles. The number of benzene rings is 2. The minimum atomic E-state index is -0.528. The molecule has 0 aliphatic carbocycles. The van der Waals surface area contributed by atoms with Crippen LogP contribution in [0.4, 0.5) is 4.39 Å². The molecule has 0 unspecified atom stereocenters. The van der Waals surface area contributed by atoms with Crippen LogP contribution in [0.15, 0.2) is 48.5 Å². The number of ether oxygens (including phenoxy) is 1. The Bertz CT molecular complexity index is 1050. The molecular weight excluding hydrogens is 383 g/mol. The molecule has 30 heavy (non-hydrogen) atoms. The molecule has 1 aromatic heterocycles. The van der Waals surface area contributed by atoms with E-state index in [1.807, 2.05) is 31.2 Å². The lowest BCUT2D eigenvalue weighted by atomic mass is 9.96. The predicted octanol–water partition coefficient (Wildman–Crippen LogP) is 4.36. The Kier molecular flexibility index (Phi) is 7.12. The Hall–Kier alpha value is -3.28. The van der Waals surface area contributed by atoms with Gasteiger partial charge in [0.1, 0.15) is 5.82 Å². The van der Waals surface area contributed by atoms with Crippen LogP contribution >= 0.6 is 0 Å². The lowest BCUT2D eigenvalue weighted by molar-refractivity contribution is -0.124. The van der Waals surface area contributed by atoms with Gasteiger partial charge in [-0.05, 0) is 42.2 Å². The van der Waals surface area contributed by atoms with E-state index in [2.05, 4.69) is 12.2 Å². The SMILES string of the molecule is CCCc1nc2ccccc2c(C(=O)OCC(=O)NCc2ccc(F)cc2)c1CC. The fourth-order valence-corrected chi connectivity index (χ4v) is 3.42. The van der Waals surface area contributed by atoms with Crippen molar-refractivity contribution in [2.24, 2.45) is 0 Å². The minimum absolute atomic E-state index is 0.232. The molecule has 6 heteroatoms. The van der Waals surface area contributed by atoms with E-state index in [-0.39, 0.29) is 19.0 Å². The maximum atomic E-state index is 13.0. The van der Waals surface area contributed by atoms with Crippen molar-refractivity contribution >= 4 is 22.8 Å². The van der Waals surface area contributed by atoms with E-state index in [4.69, 9.17) is 9.72 Å². The summed E-state index contributed by atoms with van der Waals surface area (Å²) in [6, 6.07) is 13.3. The quantitative estimate of drug-likeness (QED) is 0.562. The van der Waals surface area contributed by atoms with Crippen LogP contribution in [0, 0.1) is 5.82 Å². The van der Waals surface area contributed by atoms with Crippen LogP contribution in [-0.4, -0.2) is 23.5 Å². The summed E-state index contributed by atoms with van der Waals surface area (Å²) in [5, 5.41) is 3.40. The third-order valence-electron chi connectivity index (χ3n) is 4.86. The number of para-hydroxylation sites is 1. The van der Waals surface area contributed by atoms with Crippen molar-refractivity contribution in [3.05, 3.63) is 76.7 Å².